The summed E-state index contributed by atoms with van der Waals surface area (Å²) in [6.45, 7) is 37.4. The first-order valence-electron chi connectivity index (χ1n) is 10.1. The molecule has 0 radical (unpaired) electrons. The molecule has 2 N–H and O–H groups in total. The topological polar surface area (TPSA) is 249 Å². The van der Waals surface area contributed by atoms with Gasteiger partial charge in [0.2, 0.25) is 0 Å². The van der Waals surface area contributed by atoms with Crippen molar-refractivity contribution in [1.29, 1.82) is 0 Å². The first kappa shape index (κ1) is 68.7. The number of nitrogens with one attached hydrogen (secondary N) is 2. The summed E-state index contributed by atoms with van der Waals surface area (Å²) in [6, 6.07) is -1.67. The number of hydrogen-bond acceptors (Lipinski definition) is 10. The van der Waals surface area contributed by atoms with Crippen LogP contribution >= 0.6 is 0 Å². The van der Waals surface area contributed by atoms with Gasteiger partial charge in [-0.1, -0.05) is 0 Å². The van der Waals surface area contributed by atoms with Crippen LogP contribution in [0.2, 0.25) is 0 Å². The van der Waals surface area contributed by atoms with Gasteiger partial charge in [-0.25, -0.2) is 19.2 Å². The van der Waals surface area contributed by atoms with E-state index >= 15 is 0 Å². The molecule has 0 unspecified atom stereocenters. The average molecular weight is 748 g/mol. The summed E-state index contributed by atoms with van der Waals surface area (Å²) in [5, 5.41) is 4.67. The van der Waals surface area contributed by atoms with Crippen molar-refractivity contribution in [2.45, 2.75) is 64.8 Å². The van der Waals surface area contributed by atoms with Crippen LogP contribution in [0.3, 0.4) is 0 Å². The molecule has 0 saturated carbocycles. The van der Waals surface area contributed by atoms with Crippen molar-refractivity contribution < 1.29 is 100 Å². The molecule has 0 rings (SSSR count). The molecule has 0 aromatic carbocycles. The van der Waals surface area contributed by atoms with Gasteiger partial charge in [-0.05, 0) is 41.5 Å². The Morgan fingerprint density at radius 1 is 0.568 bits per heavy atom. The number of carbonyl (C=O) groups is 4. The van der Waals surface area contributed by atoms with Gasteiger partial charge in [-0.15, -0.1) is 11.5 Å². The van der Waals surface area contributed by atoms with Gasteiger partial charge >= 0.3 is 91.9 Å². The number of amides is 2. The number of methoxy groups -OCH3 is 2. The molecule has 0 aromatic rings. The third-order valence-electron chi connectivity index (χ3n) is 2.69. The first-order chi connectivity index (χ1) is 19.6. The fraction of sp³-hybridized carbons (Fsp3) is 0.583. The van der Waals surface area contributed by atoms with Crippen LogP contribution in [-0.2, 0) is 116 Å². The molecule has 0 spiro atoms. The number of alkyl carbamates (subject to hydrolysis) is 2. The minimum Gasteiger partial charge on any atom is 0 e. The quantitative estimate of drug-likeness (QED) is 0.0973. The Morgan fingerprint density at radius 3 is 0.864 bits per heavy atom. The van der Waals surface area contributed by atoms with Gasteiger partial charge in [-0.3, -0.25) is 0 Å². The van der Waals surface area contributed by atoms with Gasteiger partial charge in [0.25, 0.3) is 0 Å². The monoisotopic (exact) mass is 748 g/mol. The van der Waals surface area contributed by atoms with E-state index in [-0.39, 0.29) is 45.6 Å². The van der Waals surface area contributed by atoms with Crippen molar-refractivity contribution in [3.8, 4) is 0 Å². The second-order valence-corrected chi connectivity index (χ2v) is 8.44. The van der Waals surface area contributed by atoms with Crippen LogP contribution in [0.25, 0.3) is 0 Å². The molecular formula is C24H32Fe2N2O14S2-2. The minimum absolute atomic E-state index is 0. The van der Waals surface area contributed by atoms with E-state index in [4.69, 9.17) is 62.6 Å². The largest absolute Gasteiger partial charge is 0 e. The van der Waals surface area contributed by atoms with Crippen molar-refractivity contribution in [3.63, 3.8) is 0 Å². The molecule has 0 fully saturated rings. The first-order valence-corrected chi connectivity index (χ1v) is 11.3. The molecule has 2 amide bonds. The molecule has 16 nitrogen and oxygen atoms in total. The van der Waals surface area contributed by atoms with Crippen molar-refractivity contribution in [2.75, 3.05) is 25.7 Å². The summed E-state index contributed by atoms with van der Waals surface area (Å²) >= 11 is 9.41. The van der Waals surface area contributed by atoms with E-state index in [1.54, 1.807) is 41.5 Å². The summed E-state index contributed by atoms with van der Waals surface area (Å²) in [4.78, 5) is 44.7. The number of esters is 2. The average Bonchev–Trinajstić information content (AvgIpc) is 2.98. The smallest absolute Gasteiger partial charge is 0 e. The maximum Gasteiger partial charge on any atom is 0 e. The predicted molar refractivity (Wildman–Crippen MR) is 138 cm³/mol. The molecule has 0 aliphatic heterocycles. The predicted octanol–water partition coefficient (Wildman–Crippen LogP) is 0.969. The summed E-state index contributed by atoms with van der Waals surface area (Å²) in [5.74, 6) is -1.05. The van der Waals surface area contributed by atoms with Crippen molar-refractivity contribution in [2.24, 2.45) is 0 Å². The van der Waals surface area contributed by atoms with Gasteiger partial charge in [0.05, 0.1) is 14.2 Å². The third-order valence-corrected chi connectivity index (χ3v) is 3.35. The Bertz CT molecular complexity index is 739. The standard InChI is InChI=1S/2C9H17NO4S.6CO.2Fe/c2*1-9(2,3)14-8(12)10-6(5-15)7(11)13-4;6*1-2;;/h2*6,15H,5H2,1-4H3,(H,10,12);;;;;;;;/p-2/t2*6-;;;;;;;;/m00......../s1. The maximum atomic E-state index is 11.3. The molecule has 44 heavy (non-hydrogen) atoms. The van der Waals surface area contributed by atoms with Gasteiger partial charge < -0.3 is 54.8 Å². The molecule has 0 heterocycles. The fourth-order valence-electron chi connectivity index (χ4n) is 1.52. The zero-order valence-electron chi connectivity index (χ0n) is 24.8. The summed E-state index contributed by atoms with van der Waals surface area (Å²) in [6.07, 6.45) is -1.36. The van der Waals surface area contributed by atoms with E-state index < -0.39 is 47.4 Å². The van der Waals surface area contributed by atoms with E-state index in [1.807, 2.05) is 0 Å². The van der Waals surface area contributed by atoms with Crippen LogP contribution in [0, 0.1) is 39.9 Å². The zero-order chi connectivity index (χ0) is 36.1. The van der Waals surface area contributed by atoms with Crippen molar-refractivity contribution >= 4 is 49.4 Å². The number of hydrogen-bond donors (Lipinski definition) is 2. The second kappa shape index (κ2) is 50.3. The molecular weight excluding hydrogens is 716 g/mol. The fourth-order valence-corrected chi connectivity index (χ4v) is 1.96. The van der Waals surface area contributed by atoms with E-state index in [0.29, 0.717) is 0 Å². The summed E-state index contributed by atoms with van der Waals surface area (Å²) in [5.41, 5.74) is -1.21. The van der Waals surface area contributed by atoms with E-state index in [9.17, 15) is 19.2 Å². The Balaban J connectivity index is -0.0000000471. The Morgan fingerprint density at radius 2 is 0.750 bits per heavy atom. The van der Waals surface area contributed by atoms with E-state index in [1.165, 1.54) is 14.2 Å². The van der Waals surface area contributed by atoms with Crippen LogP contribution in [0.15, 0.2) is 0 Å². The number of rotatable bonds is 6. The Hall–Kier alpha value is -2.34. The van der Waals surface area contributed by atoms with Crippen LogP contribution in [-0.4, -0.2) is 73.1 Å². The van der Waals surface area contributed by atoms with E-state index in [2.05, 4.69) is 60.0 Å². The summed E-state index contributed by atoms with van der Waals surface area (Å²) < 4.78 is 63.8. The van der Waals surface area contributed by atoms with Gasteiger partial charge in [0, 0.05) is 34.1 Å². The maximum absolute atomic E-state index is 11.3. The van der Waals surface area contributed by atoms with Crippen molar-refractivity contribution in [3.05, 3.63) is 39.9 Å². The molecule has 0 aliphatic carbocycles. The van der Waals surface area contributed by atoms with E-state index in [0.717, 1.165) is 0 Å². The molecule has 0 saturated heterocycles. The molecule has 2 atom stereocenters. The zero-order valence-corrected chi connectivity index (χ0v) is 28.6. The number of ether oxygens (including phenoxy) is 4. The molecule has 20 heteroatoms. The van der Waals surface area contributed by atoms with Gasteiger partial charge in [0.15, 0.2) is 0 Å². The van der Waals surface area contributed by atoms with Crippen LogP contribution < -0.4 is 10.6 Å². The van der Waals surface area contributed by atoms with Crippen LogP contribution in [0.1, 0.15) is 41.5 Å². The second-order valence-electron chi connectivity index (χ2n) is 7.78. The minimum atomic E-state index is -0.833. The molecule has 0 bridgehead atoms. The molecule has 252 valence electrons. The van der Waals surface area contributed by atoms with Gasteiger partial charge in [0.1, 0.15) is 23.3 Å². The van der Waals surface area contributed by atoms with Gasteiger partial charge in [-0.2, -0.15) is 0 Å². The SMILES string of the molecule is COC(=O)[C@H](C[S-])NC(=O)OC(C)(C)C.COC(=O)[C@H](C[S-])NC(=O)OC(C)(C)C.[C-]#[O+].[C-]#[O+].[C-]#[O+].[C-]#[O+].[C-]#[O+].[C-]#[O+].[Fe].[Fe]. The normalized spacial score (nSPS) is 9.05. The summed E-state index contributed by atoms with van der Waals surface area (Å²) in [7, 11) is 2.47. The number of carbonyl (C=O) groups excluding carboxylic acids is 4. The van der Waals surface area contributed by atoms with Crippen LogP contribution in [0.4, 0.5) is 9.59 Å². The molecule has 0 aromatic heterocycles. The Labute approximate surface area is 289 Å². The third kappa shape index (κ3) is 59.1. The Kier molecular flexibility index (Phi) is 78.5. The van der Waals surface area contributed by atoms with Crippen molar-refractivity contribution in [1.82, 2.24) is 10.6 Å². The molecule has 0 aliphatic rings. The van der Waals surface area contributed by atoms with Crippen LogP contribution in [0.5, 0.6) is 0 Å².